The lowest BCUT2D eigenvalue weighted by atomic mass is 10.0. The number of aliphatic imine (C=N–C) groups is 1. The fourth-order valence-electron chi connectivity index (χ4n) is 2.79. The van der Waals surface area contributed by atoms with E-state index in [1.807, 2.05) is 18.8 Å². The molecule has 25 heavy (non-hydrogen) atoms. The topological polar surface area (TPSA) is 48.9 Å². The molecule has 0 aliphatic carbocycles. The van der Waals surface area contributed by atoms with Crippen molar-refractivity contribution in [2.75, 3.05) is 52.2 Å². The Balaban J connectivity index is 1.63. The van der Waals surface area contributed by atoms with Gasteiger partial charge >= 0.3 is 0 Å². The van der Waals surface area contributed by atoms with E-state index in [0.717, 1.165) is 57.5 Å². The summed E-state index contributed by atoms with van der Waals surface area (Å²) in [6, 6.07) is 10.5. The largest absolute Gasteiger partial charge is 0.379 e. The van der Waals surface area contributed by atoms with E-state index in [1.165, 1.54) is 4.90 Å². The Morgan fingerprint density at radius 1 is 1.20 bits per heavy atom. The van der Waals surface area contributed by atoms with Crippen LogP contribution >= 0.6 is 11.8 Å². The number of guanidine groups is 1. The van der Waals surface area contributed by atoms with Crippen molar-refractivity contribution in [2.24, 2.45) is 4.99 Å². The van der Waals surface area contributed by atoms with Crippen LogP contribution in [0.3, 0.4) is 0 Å². The van der Waals surface area contributed by atoms with E-state index < -0.39 is 0 Å². The normalized spacial score (nSPS) is 16.7. The van der Waals surface area contributed by atoms with Crippen molar-refractivity contribution in [3.05, 3.63) is 30.3 Å². The van der Waals surface area contributed by atoms with Crippen LogP contribution in [0.5, 0.6) is 0 Å². The van der Waals surface area contributed by atoms with Gasteiger partial charge in [-0.2, -0.15) is 0 Å². The Kier molecular flexibility index (Phi) is 8.58. The molecule has 1 aliphatic rings. The lowest BCUT2D eigenvalue weighted by Crippen LogP contribution is -2.56. The second kappa shape index (κ2) is 10.7. The van der Waals surface area contributed by atoms with Crippen molar-refractivity contribution >= 4 is 17.7 Å². The number of morpholine rings is 1. The number of hydrogen-bond acceptors (Lipinski definition) is 4. The summed E-state index contributed by atoms with van der Waals surface area (Å²) >= 11 is 1.90. The zero-order valence-electron chi connectivity index (χ0n) is 15.8. The maximum absolute atomic E-state index is 5.45. The molecular formula is C19H32N4OS. The first-order valence-corrected chi connectivity index (χ1v) is 10.1. The second-order valence-corrected chi connectivity index (χ2v) is 7.95. The van der Waals surface area contributed by atoms with Gasteiger partial charge < -0.3 is 15.4 Å². The molecule has 1 fully saturated rings. The zero-order chi connectivity index (χ0) is 18.0. The average molecular weight is 365 g/mol. The van der Waals surface area contributed by atoms with E-state index in [1.54, 1.807) is 0 Å². The number of nitrogens with zero attached hydrogens (tertiary/aromatic N) is 2. The van der Waals surface area contributed by atoms with E-state index in [-0.39, 0.29) is 5.54 Å². The first-order chi connectivity index (χ1) is 12.1. The maximum atomic E-state index is 5.45. The summed E-state index contributed by atoms with van der Waals surface area (Å²) < 4.78 is 5.45. The van der Waals surface area contributed by atoms with E-state index in [4.69, 9.17) is 4.74 Å². The van der Waals surface area contributed by atoms with Gasteiger partial charge in [0.1, 0.15) is 0 Å². The molecule has 0 spiro atoms. The molecule has 2 N–H and O–H groups in total. The lowest BCUT2D eigenvalue weighted by Gasteiger charge is -2.41. The van der Waals surface area contributed by atoms with Gasteiger partial charge in [-0.1, -0.05) is 18.2 Å². The molecule has 0 aromatic heterocycles. The van der Waals surface area contributed by atoms with Gasteiger partial charge in [0.05, 0.1) is 13.2 Å². The Morgan fingerprint density at radius 2 is 1.92 bits per heavy atom. The Hall–Kier alpha value is -1.24. The van der Waals surface area contributed by atoms with Gasteiger partial charge in [-0.25, -0.2) is 0 Å². The zero-order valence-corrected chi connectivity index (χ0v) is 16.6. The molecule has 1 saturated heterocycles. The summed E-state index contributed by atoms with van der Waals surface area (Å²) in [5.41, 5.74) is 0.0879. The molecule has 5 nitrogen and oxygen atoms in total. The minimum absolute atomic E-state index is 0.0879. The van der Waals surface area contributed by atoms with Crippen LogP contribution in [0.25, 0.3) is 0 Å². The van der Waals surface area contributed by atoms with Gasteiger partial charge in [0.15, 0.2) is 5.96 Å². The van der Waals surface area contributed by atoms with E-state index >= 15 is 0 Å². The standard InChI is InChI=1S/C19H32N4OS/c1-19(2,23-11-13-24-14-12-23)16-22-18(20-3)21-10-7-15-25-17-8-5-4-6-9-17/h4-6,8-9H,7,10-16H2,1-3H3,(H2,20,21,22). The summed E-state index contributed by atoms with van der Waals surface area (Å²) in [7, 11) is 1.83. The highest BCUT2D eigenvalue weighted by atomic mass is 32.2. The van der Waals surface area contributed by atoms with Crippen molar-refractivity contribution in [1.29, 1.82) is 0 Å². The molecular weight excluding hydrogens is 332 g/mol. The van der Waals surface area contributed by atoms with Crippen LogP contribution in [0.15, 0.2) is 40.2 Å². The molecule has 0 bridgehead atoms. The molecule has 0 atom stereocenters. The van der Waals surface area contributed by atoms with Crippen LogP contribution in [0.2, 0.25) is 0 Å². The highest BCUT2D eigenvalue weighted by Crippen LogP contribution is 2.17. The van der Waals surface area contributed by atoms with Crippen molar-refractivity contribution in [3.8, 4) is 0 Å². The monoisotopic (exact) mass is 364 g/mol. The van der Waals surface area contributed by atoms with E-state index in [9.17, 15) is 0 Å². The summed E-state index contributed by atoms with van der Waals surface area (Å²) in [5.74, 6) is 1.99. The Morgan fingerprint density at radius 3 is 2.60 bits per heavy atom. The number of thioether (sulfide) groups is 1. The highest BCUT2D eigenvalue weighted by Gasteiger charge is 2.28. The third-order valence-corrected chi connectivity index (χ3v) is 5.50. The van der Waals surface area contributed by atoms with Crippen LogP contribution in [-0.2, 0) is 4.74 Å². The second-order valence-electron chi connectivity index (χ2n) is 6.78. The SMILES string of the molecule is CN=C(NCCCSc1ccccc1)NCC(C)(C)N1CCOCC1. The average Bonchev–Trinajstić information content (AvgIpc) is 2.65. The number of benzene rings is 1. The summed E-state index contributed by atoms with van der Waals surface area (Å²) in [6.07, 6.45) is 1.10. The van der Waals surface area contributed by atoms with Crippen LogP contribution in [0, 0.1) is 0 Å². The number of rotatable bonds is 8. The molecule has 0 amide bonds. The van der Waals surface area contributed by atoms with Crippen molar-refractivity contribution in [2.45, 2.75) is 30.7 Å². The van der Waals surface area contributed by atoms with Crippen LogP contribution in [0.1, 0.15) is 20.3 Å². The molecule has 1 aromatic rings. The van der Waals surface area contributed by atoms with Gasteiger partial charge in [-0.05, 0) is 38.2 Å². The first kappa shape index (κ1) is 20.1. The van der Waals surface area contributed by atoms with Gasteiger partial charge in [-0.3, -0.25) is 9.89 Å². The van der Waals surface area contributed by atoms with Gasteiger partial charge in [0.25, 0.3) is 0 Å². The number of ether oxygens (including phenoxy) is 1. The van der Waals surface area contributed by atoms with Gasteiger partial charge in [0.2, 0.25) is 0 Å². The minimum atomic E-state index is 0.0879. The third-order valence-electron chi connectivity index (χ3n) is 4.40. The summed E-state index contributed by atoms with van der Waals surface area (Å²) in [4.78, 5) is 8.15. The maximum Gasteiger partial charge on any atom is 0.191 e. The quantitative estimate of drug-likeness (QED) is 0.321. The molecule has 1 aliphatic heterocycles. The molecule has 0 radical (unpaired) electrons. The smallest absolute Gasteiger partial charge is 0.191 e. The fraction of sp³-hybridized carbons (Fsp3) is 0.632. The summed E-state index contributed by atoms with van der Waals surface area (Å²) in [6.45, 7) is 9.99. The highest BCUT2D eigenvalue weighted by molar-refractivity contribution is 7.99. The van der Waals surface area contributed by atoms with Gasteiger partial charge in [-0.15, -0.1) is 11.8 Å². The predicted octanol–water partition coefficient (Wildman–Crippen LogP) is 2.44. The third kappa shape index (κ3) is 7.26. The van der Waals surface area contributed by atoms with Crippen LogP contribution in [-0.4, -0.2) is 68.6 Å². The fourth-order valence-corrected chi connectivity index (χ4v) is 3.66. The number of hydrogen-bond donors (Lipinski definition) is 2. The first-order valence-electron chi connectivity index (χ1n) is 9.07. The molecule has 0 saturated carbocycles. The number of nitrogens with one attached hydrogen (secondary N) is 2. The lowest BCUT2D eigenvalue weighted by molar-refractivity contribution is -0.00833. The van der Waals surface area contributed by atoms with Crippen LogP contribution < -0.4 is 10.6 Å². The van der Waals surface area contributed by atoms with E-state index in [2.05, 4.69) is 64.7 Å². The van der Waals surface area contributed by atoms with Gasteiger partial charge in [0, 0.05) is 43.7 Å². The minimum Gasteiger partial charge on any atom is -0.379 e. The molecule has 0 unspecified atom stereocenters. The molecule has 1 aromatic carbocycles. The van der Waals surface area contributed by atoms with E-state index in [0.29, 0.717) is 0 Å². The van der Waals surface area contributed by atoms with Crippen molar-refractivity contribution in [1.82, 2.24) is 15.5 Å². The molecule has 6 heteroatoms. The molecule has 2 rings (SSSR count). The summed E-state index contributed by atoms with van der Waals surface area (Å²) in [5, 5.41) is 6.88. The molecule has 1 heterocycles. The van der Waals surface area contributed by atoms with Crippen LogP contribution in [0.4, 0.5) is 0 Å². The Labute approximate surface area is 156 Å². The Bertz CT molecular complexity index is 515. The predicted molar refractivity (Wildman–Crippen MR) is 108 cm³/mol. The molecule has 140 valence electrons. The van der Waals surface area contributed by atoms with Crippen molar-refractivity contribution < 1.29 is 4.74 Å². The van der Waals surface area contributed by atoms with Crippen molar-refractivity contribution in [3.63, 3.8) is 0 Å².